The van der Waals surface area contributed by atoms with Crippen molar-refractivity contribution in [3.8, 4) is 11.4 Å². The minimum atomic E-state index is 0.630. The smallest absolute Gasteiger partial charge is 0.0867 e. The van der Waals surface area contributed by atoms with E-state index in [1.165, 1.54) is 5.56 Å². The van der Waals surface area contributed by atoms with Crippen LogP contribution in [0.4, 0.5) is 0 Å². The second-order valence-electron chi connectivity index (χ2n) is 5.76. The van der Waals surface area contributed by atoms with E-state index in [0.29, 0.717) is 16.6 Å². The third-order valence-electron chi connectivity index (χ3n) is 3.98. The highest BCUT2D eigenvalue weighted by Gasteiger charge is 2.16. The molecule has 3 aromatic rings. The van der Waals surface area contributed by atoms with Gasteiger partial charge in [0, 0.05) is 16.6 Å². The molecule has 0 spiro atoms. The van der Waals surface area contributed by atoms with E-state index in [4.69, 9.17) is 28.9 Å². The molecule has 0 atom stereocenters. The number of hydrogen-bond donors (Lipinski definition) is 2. The fraction of sp³-hybridized carbons (Fsp3) is 0.278. The van der Waals surface area contributed by atoms with Gasteiger partial charge in [-0.2, -0.15) is 0 Å². The Morgan fingerprint density at radius 2 is 2.00 bits per heavy atom. The van der Waals surface area contributed by atoms with Gasteiger partial charge in [0.2, 0.25) is 0 Å². The van der Waals surface area contributed by atoms with E-state index in [1.807, 2.05) is 25.3 Å². The van der Waals surface area contributed by atoms with E-state index in [9.17, 15) is 0 Å². The van der Waals surface area contributed by atoms with Crippen molar-refractivity contribution in [2.45, 2.75) is 26.2 Å². The number of H-pyrrole nitrogens is 1. The first kappa shape index (κ1) is 16.3. The van der Waals surface area contributed by atoms with Crippen molar-refractivity contribution in [3.05, 3.63) is 51.6 Å². The maximum Gasteiger partial charge on any atom is 0.0867 e. The normalized spacial score (nSPS) is 11.3. The standard InChI is InChI=1S/C18H19Cl2N3/c1-11-5-6-16(22-10-11)18-13(4-2-3-7-21)14-8-12(19)9-15(20)17(14)23-18/h5-6,8-10,23H,2-4,7,21H2,1H3. The number of halogens is 2. The van der Waals surface area contributed by atoms with Gasteiger partial charge >= 0.3 is 0 Å². The molecule has 0 bridgehead atoms. The number of benzene rings is 1. The summed E-state index contributed by atoms with van der Waals surface area (Å²) < 4.78 is 0. The molecule has 0 saturated carbocycles. The molecule has 23 heavy (non-hydrogen) atoms. The Balaban J connectivity index is 2.16. The van der Waals surface area contributed by atoms with E-state index in [1.54, 1.807) is 6.07 Å². The first-order valence-corrected chi connectivity index (χ1v) is 8.48. The maximum absolute atomic E-state index is 6.37. The van der Waals surface area contributed by atoms with Crippen LogP contribution in [0.25, 0.3) is 22.3 Å². The number of hydrogen-bond acceptors (Lipinski definition) is 2. The molecular weight excluding hydrogens is 329 g/mol. The van der Waals surface area contributed by atoms with Gasteiger partial charge in [-0.3, -0.25) is 4.98 Å². The van der Waals surface area contributed by atoms with E-state index >= 15 is 0 Å². The Morgan fingerprint density at radius 1 is 1.17 bits per heavy atom. The molecule has 3 nitrogen and oxygen atoms in total. The summed E-state index contributed by atoms with van der Waals surface area (Å²) in [4.78, 5) is 7.99. The number of nitrogens with zero attached hydrogens (tertiary/aromatic N) is 1. The van der Waals surface area contributed by atoms with E-state index in [2.05, 4.69) is 16.0 Å². The first-order chi connectivity index (χ1) is 11.1. The first-order valence-electron chi connectivity index (χ1n) is 7.73. The molecule has 0 aliphatic carbocycles. The lowest BCUT2D eigenvalue weighted by molar-refractivity contribution is 0.748. The summed E-state index contributed by atoms with van der Waals surface area (Å²) in [7, 11) is 0. The molecule has 0 aliphatic rings. The lowest BCUT2D eigenvalue weighted by atomic mass is 10.0. The Morgan fingerprint density at radius 3 is 2.70 bits per heavy atom. The van der Waals surface area contributed by atoms with Gasteiger partial charge in [-0.15, -0.1) is 0 Å². The Labute approximate surface area is 145 Å². The number of aryl methyl sites for hydroxylation is 2. The summed E-state index contributed by atoms with van der Waals surface area (Å²) in [5.74, 6) is 0. The fourth-order valence-electron chi connectivity index (χ4n) is 2.81. The van der Waals surface area contributed by atoms with Gasteiger partial charge in [0.1, 0.15) is 0 Å². The van der Waals surface area contributed by atoms with Crippen molar-refractivity contribution in [1.82, 2.24) is 9.97 Å². The predicted molar refractivity (Wildman–Crippen MR) is 98.3 cm³/mol. The summed E-state index contributed by atoms with van der Waals surface area (Å²) in [6.45, 7) is 2.72. The zero-order valence-electron chi connectivity index (χ0n) is 13.0. The van der Waals surface area contributed by atoms with Crippen molar-refractivity contribution in [2.75, 3.05) is 6.54 Å². The van der Waals surface area contributed by atoms with Crippen molar-refractivity contribution in [3.63, 3.8) is 0 Å². The minimum Gasteiger partial charge on any atom is -0.352 e. The number of pyridine rings is 1. The van der Waals surface area contributed by atoms with Gasteiger partial charge < -0.3 is 10.7 Å². The van der Waals surface area contributed by atoms with Gasteiger partial charge in [-0.1, -0.05) is 29.3 Å². The topological polar surface area (TPSA) is 54.7 Å². The third kappa shape index (κ3) is 3.37. The Hall–Kier alpha value is -1.55. The van der Waals surface area contributed by atoms with E-state index in [-0.39, 0.29) is 0 Å². The van der Waals surface area contributed by atoms with Crippen molar-refractivity contribution >= 4 is 34.1 Å². The van der Waals surface area contributed by atoms with Crippen LogP contribution in [0.3, 0.4) is 0 Å². The SMILES string of the molecule is Cc1ccc(-c2[nH]c3c(Cl)cc(Cl)cc3c2CCCCN)nc1. The molecule has 1 aromatic carbocycles. The number of unbranched alkanes of at least 4 members (excludes halogenated alkanes) is 1. The highest BCUT2D eigenvalue weighted by atomic mass is 35.5. The summed E-state index contributed by atoms with van der Waals surface area (Å²) in [6.07, 6.45) is 4.80. The number of aromatic nitrogens is 2. The third-order valence-corrected chi connectivity index (χ3v) is 4.50. The molecule has 2 heterocycles. The number of rotatable bonds is 5. The van der Waals surface area contributed by atoms with Gasteiger partial charge in [-0.25, -0.2) is 0 Å². The van der Waals surface area contributed by atoms with Crippen LogP contribution < -0.4 is 5.73 Å². The second-order valence-corrected chi connectivity index (χ2v) is 6.60. The number of nitrogens with two attached hydrogens (primary N) is 1. The van der Waals surface area contributed by atoms with Crippen LogP contribution >= 0.6 is 23.2 Å². The number of fused-ring (bicyclic) bond motifs is 1. The molecular formula is C18H19Cl2N3. The number of nitrogens with one attached hydrogen (secondary N) is 1. The lowest BCUT2D eigenvalue weighted by Gasteiger charge is -2.05. The molecule has 2 aromatic heterocycles. The molecule has 120 valence electrons. The van der Waals surface area contributed by atoms with Crippen LogP contribution in [0.2, 0.25) is 10.0 Å². The summed E-state index contributed by atoms with van der Waals surface area (Å²) >= 11 is 12.6. The molecule has 0 saturated heterocycles. The average Bonchev–Trinajstić information content (AvgIpc) is 2.87. The average molecular weight is 348 g/mol. The van der Waals surface area contributed by atoms with Crippen molar-refractivity contribution < 1.29 is 0 Å². The lowest BCUT2D eigenvalue weighted by Crippen LogP contribution is -1.99. The van der Waals surface area contributed by atoms with Crippen LogP contribution in [0.5, 0.6) is 0 Å². The Kier molecular flexibility index (Phi) is 4.90. The van der Waals surface area contributed by atoms with Crippen LogP contribution in [0.1, 0.15) is 24.0 Å². The molecule has 5 heteroatoms. The Bertz CT molecular complexity index is 822. The van der Waals surface area contributed by atoms with Gasteiger partial charge in [0.05, 0.1) is 21.9 Å². The monoisotopic (exact) mass is 347 g/mol. The van der Waals surface area contributed by atoms with Crippen LogP contribution in [0.15, 0.2) is 30.5 Å². The van der Waals surface area contributed by atoms with Crippen LogP contribution in [-0.4, -0.2) is 16.5 Å². The van der Waals surface area contributed by atoms with Gasteiger partial charge in [0.15, 0.2) is 0 Å². The van der Waals surface area contributed by atoms with Crippen molar-refractivity contribution in [2.24, 2.45) is 5.73 Å². The molecule has 0 amide bonds. The zero-order valence-corrected chi connectivity index (χ0v) is 14.5. The highest BCUT2D eigenvalue weighted by molar-refractivity contribution is 6.38. The van der Waals surface area contributed by atoms with Crippen LogP contribution in [0, 0.1) is 6.92 Å². The molecule has 0 aliphatic heterocycles. The zero-order chi connectivity index (χ0) is 16.4. The van der Waals surface area contributed by atoms with Gasteiger partial charge in [-0.05, 0) is 62.1 Å². The van der Waals surface area contributed by atoms with Crippen molar-refractivity contribution in [1.29, 1.82) is 0 Å². The van der Waals surface area contributed by atoms with Crippen LogP contribution in [-0.2, 0) is 6.42 Å². The summed E-state index contributed by atoms with van der Waals surface area (Å²) in [6, 6.07) is 7.82. The predicted octanol–water partition coefficient (Wildman–Crippen LogP) is 5.13. The largest absolute Gasteiger partial charge is 0.352 e. The van der Waals surface area contributed by atoms with E-state index < -0.39 is 0 Å². The molecule has 3 rings (SSSR count). The molecule has 0 fully saturated rings. The maximum atomic E-state index is 6.37. The summed E-state index contributed by atoms with van der Waals surface area (Å²) in [5, 5.41) is 2.34. The van der Waals surface area contributed by atoms with Gasteiger partial charge in [0.25, 0.3) is 0 Å². The molecule has 0 unspecified atom stereocenters. The molecule has 0 radical (unpaired) electrons. The quantitative estimate of drug-likeness (QED) is 0.628. The molecule has 3 N–H and O–H groups in total. The highest BCUT2D eigenvalue weighted by Crippen LogP contribution is 2.36. The van der Waals surface area contributed by atoms with E-state index in [0.717, 1.165) is 47.1 Å². The number of aromatic amines is 1. The second kappa shape index (κ2) is 6.91. The fourth-order valence-corrected chi connectivity index (χ4v) is 3.35. The summed E-state index contributed by atoms with van der Waals surface area (Å²) in [5.41, 5.74) is 10.8. The minimum absolute atomic E-state index is 0.630.